The molecule has 2 unspecified atom stereocenters. The summed E-state index contributed by atoms with van der Waals surface area (Å²) in [7, 11) is 0. The summed E-state index contributed by atoms with van der Waals surface area (Å²) in [6, 6.07) is 14.6. The van der Waals surface area contributed by atoms with Crippen molar-refractivity contribution in [3.05, 3.63) is 69.7 Å². The zero-order valence-corrected chi connectivity index (χ0v) is 13.7. The van der Waals surface area contributed by atoms with Crippen LogP contribution in [0.5, 0.6) is 0 Å². The summed E-state index contributed by atoms with van der Waals surface area (Å²) in [5.41, 5.74) is 0.478. The molecule has 0 aliphatic rings. The molecule has 0 radical (unpaired) electrons. The lowest BCUT2D eigenvalue weighted by molar-refractivity contribution is 0.140. The van der Waals surface area contributed by atoms with Crippen LogP contribution in [0.15, 0.2) is 48.5 Å². The molecular formula is C16H15Cl2FOS. The second kappa shape index (κ2) is 7.50. The summed E-state index contributed by atoms with van der Waals surface area (Å²) < 4.78 is 14.0. The molecule has 5 heteroatoms. The molecule has 2 aromatic carbocycles. The first-order valence-electron chi connectivity index (χ1n) is 6.46. The van der Waals surface area contributed by atoms with E-state index in [4.69, 9.17) is 23.2 Å². The largest absolute Gasteiger partial charge is 0.389 e. The van der Waals surface area contributed by atoms with E-state index < -0.39 is 11.6 Å². The van der Waals surface area contributed by atoms with E-state index in [1.165, 1.54) is 6.92 Å². The number of aliphatic hydroxyl groups excluding tert-OH is 1. The number of hydrogen-bond acceptors (Lipinski definition) is 2. The van der Waals surface area contributed by atoms with E-state index in [0.717, 1.165) is 22.9 Å². The van der Waals surface area contributed by atoms with Crippen molar-refractivity contribution >= 4 is 35.0 Å². The maximum absolute atomic E-state index is 14.0. The molecule has 2 aromatic rings. The zero-order chi connectivity index (χ0) is 15.4. The van der Waals surface area contributed by atoms with Crippen LogP contribution >= 0.6 is 35.0 Å². The first-order chi connectivity index (χ1) is 9.97. The van der Waals surface area contributed by atoms with Crippen molar-refractivity contribution in [3.8, 4) is 0 Å². The lowest BCUT2D eigenvalue weighted by Crippen LogP contribution is -2.16. The number of rotatable bonds is 5. The standard InChI is InChI=1S/C16H15Cl2FOS/c1-10(20)16(19)21-15(11-2-6-13(17)7-3-11)12-4-8-14(18)9-5-12/h2-10,15-16,20H,1H3. The summed E-state index contributed by atoms with van der Waals surface area (Å²) in [6.45, 7) is 1.44. The molecule has 1 N–H and O–H groups in total. The average Bonchev–Trinajstić information content (AvgIpc) is 2.46. The summed E-state index contributed by atoms with van der Waals surface area (Å²) in [6.07, 6.45) is -1.03. The van der Waals surface area contributed by atoms with Gasteiger partial charge in [-0.05, 0) is 42.3 Å². The second-order valence-electron chi connectivity index (χ2n) is 4.71. The van der Waals surface area contributed by atoms with Crippen LogP contribution < -0.4 is 0 Å². The van der Waals surface area contributed by atoms with Gasteiger partial charge >= 0.3 is 0 Å². The third-order valence-electron chi connectivity index (χ3n) is 2.99. The van der Waals surface area contributed by atoms with Crippen molar-refractivity contribution in [3.63, 3.8) is 0 Å². The molecule has 0 spiro atoms. The van der Waals surface area contributed by atoms with Crippen molar-refractivity contribution in [2.24, 2.45) is 0 Å². The second-order valence-corrected chi connectivity index (χ2v) is 6.78. The van der Waals surface area contributed by atoms with Crippen LogP contribution in [0, 0.1) is 0 Å². The third-order valence-corrected chi connectivity index (χ3v) is 4.97. The summed E-state index contributed by atoms with van der Waals surface area (Å²) >= 11 is 12.9. The molecule has 0 amide bonds. The Bertz CT molecular complexity index is 526. The minimum absolute atomic E-state index is 0.232. The summed E-state index contributed by atoms with van der Waals surface area (Å²) in [5.74, 6) is 0. The van der Waals surface area contributed by atoms with E-state index in [2.05, 4.69) is 0 Å². The first kappa shape index (κ1) is 16.6. The van der Waals surface area contributed by atoms with E-state index in [0.29, 0.717) is 10.0 Å². The van der Waals surface area contributed by atoms with Crippen LogP contribution in [0.4, 0.5) is 4.39 Å². The van der Waals surface area contributed by atoms with Gasteiger partial charge in [0.15, 0.2) is 5.50 Å². The number of benzene rings is 2. The maximum Gasteiger partial charge on any atom is 0.172 e. The minimum Gasteiger partial charge on any atom is -0.389 e. The lowest BCUT2D eigenvalue weighted by atomic mass is 10.0. The highest BCUT2D eigenvalue weighted by molar-refractivity contribution is 8.00. The van der Waals surface area contributed by atoms with Gasteiger partial charge in [0.05, 0.1) is 11.4 Å². The highest BCUT2D eigenvalue weighted by Gasteiger charge is 2.23. The maximum atomic E-state index is 14.0. The van der Waals surface area contributed by atoms with Crippen molar-refractivity contribution in [2.45, 2.75) is 23.8 Å². The number of halogens is 3. The van der Waals surface area contributed by atoms with Crippen molar-refractivity contribution in [1.82, 2.24) is 0 Å². The monoisotopic (exact) mass is 344 g/mol. The van der Waals surface area contributed by atoms with Crippen molar-refractivity contribution < 1.29 is 9.50 Å². The normalized spacial score (nSPS) is 14.2. The number of hydrogen-bond donors (Lipinski definition) is 1. The van der Waals surface area contributed by atoms with Gasteiger partial charge in [-0.3, -0.25) is 0 Å². The van der Waals surface area contributed by atoms with Crippen LogP contribution in [0.1, 0.15) is 23.3 Å². The minimum atomic E-state index is -1.37. The van der Waals surface area contributed by atoms with Gasteiger partial charge in [-0.2, -0.15) is 0 Å². The molecule has 0 bridgehead atoms. The number of aliphatic hydroxyl groups is 1. The zero-order valence-electron chi connectivity index (χ0n) is 11.3. The Morgan fingerprint density at radius 1 is 0.905 bits per heavy atom. The number of alkyl halides is 1. The van der Waals surface area contributed by atoms with E-state index in [1.807, 2.05) is 24.3 Å². The molecular weight excluding hydrogens is 330 g/mol. The Morgan fingerprint density at radius 2 is 1.29 bits per heavy atom. The SMILES string of the molecule is CC(O)C(F)SC(c1ccc(Cl)cc1)c1ccc(Cl)cc1. The van der Waals surface area contributed by atoms with E-state index in [9.17, 15) is 9.50 Å². The first-order valence-corrected chi connectivity index (χ1v) is 8.16. The molecule has 0 aliphatic carbocycles. The predicted octanol–water partition coefficient (Wildman–Crippen LogP) is 5.49. The summed E-state index contributed by atoms with van der Waals surface area (Å²) in [4.78, 5) is 0. The van der Waals surface area contributed by atoms with Crippen molar-refractivity contribution in [2.75, 3.05) is 0 Å². The Hall–Kier alpha value is -0.740. The Kier molecular flexibility index (Phi) is 5.94. The van der Waals surface area contributed by atoms with Gasteiger partial charge in [0, 0.05) is 10.0 Å². The van der Waals surface area contributed by atoms with Crippen LogP contribution in [0.3, 0.4) is 0 Å². The molecule has 112 valence electrons. The molecule has 0 fully saturated rings. The highest BCUT2D eigenvalue weighted by Crippen LogP contribution is 2.40. The van der Waals surface area contributed by atoms with Gasteiger partial charge in [0.25, 0.3) is 0 Å². The average molecular weight is 345 g/mol. The van der Waals surface area contributed by atoms with Gasteiger partial charge in [0.1, 0.15) is 0 Å². The quantitative estimate of drug-likeness (QED) is 0.773. The van der Waals surface area contributed by atoms with Gasteiger partial charge < -0.3 is 5.11 Å². The predicted molar refractivity (Wildman–Crippen MR) is 88.9 cm³/mol. The smallest absolute Gasteiger partial charge is 0.172 e. The van der Waals surface area contributed by atoms with Gasteiger partial charge in [-0.15, -0.1) is 11.8 Å². The number of thioether (sulfide) groups is 1. The Morgan fingerprint density at radius 3 is 1.62 bits per heavy atom. The van der Waals surface area contributed by atoms with E-state index >= 15 is 0 Å². The van der Waals surface area contributed by atoms with Gasteiger partial charge in [-0.25, -0.2) is 4.39 Å². The van der Waals surface area contributed by atoms with E-state index in [1.54, 1.807) is 24.3 Å². The van der Waals surface area contributed by atoms with Crippen LogP contribution in [-0.2, 0) is 0 Å². The molecule has 0 saturated carbocycles. The van der Waals surface area contributed by atoms with Crippen LogP contribution in [-0.4, -0.2) is 16.7 Å². The van der Waals surface area contributed by atoms with Crippen molar-refractivity contribution in [1.29, 1.82) is 0 Å². The molecule has 0 aliphatic heterocycles. The molecule has 2 atom stereocenters. The molecule has 0 saturated heterocycles. The van der Waals surface area contributed by atoms with Gasteiger partial charge in [-0.1, -0.05) is 47.5 Å². The third kappa shape index (κ3) is 4.62. The Labute approximate surface area is 138 Å². The summed E-state index contributed by atoms with van der Waals surface area (Å²) in [5, 5.41) is 10.4. The van der Waals surface area contributed by atoms with Gasteiger partial charge in [0.2, 0.25) is 0 Å². The fourth-order valence-corrected chi connectivity index (χ4v) is 3.24. The molecule has 0 heterocycles. The lowest BCUT2D eigenvalue weighted by Gasteiger charge is -2.21. The molecule has 1 nitrogen and oxygen atoms in total. The van der Waals surface area contributed by atoms with E-state index in [-0.39, 0.29) is 5.25 Å². The molecule has 2 rings (SSSR count). The fraction of sp³-hybridized carbons (Fsp3) is 0.250. The molecule has 21 heavy (non-hydrogen) atoms. The Balaban J connectivity index is 2.33. The fourth-order valence-electron chi connectivity index (χ4n) is 1.87. The van der Waals surface area contributed by atoms with Crippen LogP contribution in [0.25, 0.3) is 0 Å². The topological polar surface area (TPSA) is 20.2 Å². The van der Waals surface area contributed by atoms with Crippen LogP contribution in [0.2, 0.25) is 10.0 Å². The molecule has 0 aromatic heterocycles. The highest BCUT2D eigenvalue weighted by atomic mass is 35.5.